The second-order valence-electron chi connectivity index (χ2n) is 4.52. The molecule has 0 aromatic heterocycles. The van der Waals surface area contributed by atoms with E-state index in [0.717, 1.165) is 18.2 Å². The molecule has 0 unspecified atom stereocenters. The van der Waals surface area contributed by atoms with Crippen molar-refractivity contribution in [2.75, 3.05) is 5.32 Å². The Kier molecular flexibility index (Phi) is 3.88. The number of hydrogen-bond donors (Lipinski definition) is 2. The van der Waals surface area contributed by atoms with E-state index in [2.05, 4.69) is 5.32 Å². The highest BCUT2D eigenvalue weighted by atomic mass is 19.4. The Labute approximate surface area is 107 Å². The number of hydrogen-bond acceptors (Lipinski definition) is 2. The van der Waals surface area contributed by atoms with Gasteiger partial charge in [-0.15, -0.1) is 0 Å². The van der Waals surface area contributed by atoms with E-state index in [0.29, 0.717) is 0 Å². The lowest BCUT2D eigenvalue weighted by Crippen LogP contribution is -2.42. The minimum Gasteiger partial charge on any atom is -0.369 e. The number of alkyl halides is 3. The molecule has 1 rings (SSSR count). The number of nitrogens with one attached hydrogen (secondary N) is 1. The molecule has 0 aliphatic carbocycles. The van der Waals surface area contributed by atoms with Gasteiger partial charge in [-0.25, -0.2) is 0 Å². The second-order valence-corrected chi connectivity index (χ2v) is 4.52. The molecule has 4 nitrogen and oxygen atoms in total. The fourth-order valence-electron chi connectivity index (χ4n) is 1.17. The maximum Gasteiger partial charge on any atom is 0.416 e. The number of primary amides is 1. The molecular formula is C12H13F3N2O2. The molecule has 1 aromatic rings. The van der Waals surface area contributed by atoms with E-state index in [1.807, 2.05) is 0 Å². The van der Waals surface area contributed by atoms with Gasteiger partial charge in [-0.2, -0.15) is 13.2 Å². The van der Waals surface area contributed by atoms with Gasteiger partial charge in [0.25, 0.3) is 0 Å². The minimum atomic E-state index is -4.50. The van der Waals surface area contributed by atoms with Crippen molar-refractivity contribution >= 4 is 17.5 Å². The van der Waals surface area contributed by atoms with E-state index >= 15 is 0 Å². The molecule has 0 fully saturated rings. The highest BCUT2D eigenvalue weighted by molar-refractivity contribution is 6.09. The van der Waals surface area contributed by atoms with Gasteiger partial charge < -0.3 is 11.1 Å². The summed E-state index contributed by atoms with van der Waals surface area (Å²) in [5, 5.41) is 2.24. The van der Waals surface area contributed by atoms with E-state index in [9.17, 15) is 22.8 Å². The standard InChI is InChI=1S/C12H13F3N2O2/c1-11(2,9(16)18)10(19)17-8-5-3-4-7(6-8)12(13,14)15/h3-6H,1-2H3,(H2,16,18)(H,17,19). The van der Waals surface area contributed by atoms with Gasteiger partial charge >= 0.3 is 6.18 Å². The molecule has 0 saturated heterocycles. The van der Waals surface area contributed by atoms with Crippen LogP contribution in [0.2, 0.25) is 0 Å². The molecule has 7 heteroatoms. The molecule has 1 aromatic carbocycles. The fraction of sp³-hybridized carbons (Fsp3) is 0.333. The SMILES string of the molecule is CC(C)(C(N)=O)C(=O)Nc1cccc(C(F)(F)F)c1. The smallest absolute Gasteiger partial charge is 0.369 e. The van der Waals surface area contributed by atoms with Crippen LogP contribution in [0.5, 0.6) is 0 Å². The van der Waals surface area contributed by atoms with Crippen LogP contribution >= 0.6 is 0 Å². The third-order valence-corrected chi connectivity index (χ3v) is 2.63. The zero-order valence-electron chi connectivity index (χ0n) is 10.3. The van der Waals surface area contributed by atoms with Gasteiger partial charge in [0.15, 0.2) is 0 Å². The zero-order chi connectivity index (χ0) is 14.8. The monoisotopic (exact) mass is 274 g/mol. The first-order chi connectivity index (χ1) is 8.55. The van der Waals surface area contributed by atoms with Crippen LogP contribution in [-0.4, -0.2) is 11.8 Å². The topological polar surface area (TPSA) is 72.2 Å². The number of carbonyl (C=O) groups excluding carboxylic acids is 2. The molecule has 0 aliphatic rings. The van der Waals surface area contributed by atoms with Crippen molar-refractivity contribution < 1.29 is 22.8 Å². The van der Waals surface area contributed by atoms with E-state index in [-0.39, 0.29) is 5.69 Å². The molecule has 0 heterocycles. The summed E-state index contributed by atoms with van der Waals surface area (Å²) in [4.78, 5) is 22.8. The maximum absolute atomic E-state index is 12.5. The quantitative estimate of drug-likeness (QED) is 0.829. The Morgan fingerprint density at radius 3 is 2.26 bits per heavy atom. The maximum atomic E-state index is 12.5. The van der Waals surface area contributed by atoms with Gasteiger partial charge in [-0.05, 0) is 32.0 Å². The highest BCUT2D eigenvalue weighted by Gasteiger charge is 2.35. The molecule has 19 heavy (non-hydrogen) atoms. The van der Waals surface area contributed by atoms with Crippen LogP contribution in [0.3, 0.4) is 0 Å². The second kappa shape index (κ2) is 4.91. The van der Waals surface area contributed by atoms with Crippen LogP contribution in [0.15, 0.2) is 24.3 Å². The zero-order valence-corrected chi connectivity index (χ0v) is 10.3. The van der Waals surface area contributed by atoms with Gasteiger partial charge in [0.05, 0.1) is 5.56 Å². The summed E-state index contributed by atoms with van der Waals surface area (Å²) in [5.74, 6) is -1.63. The third kappa shape index (κ3) is 3.46. The first kappa shape index (κ1) is 15.0. The molecule has 0 spiro atoms. The molecule has 0 saturated carbocycles. The van der Waals surface area contributed by atoms with Crippen LogP contribution in [0.4, 0.5) is 18.9 Å². The summed E-state index contributed by atoms with van der Waals surface area (Å²) in [5.41, 5.74) is 2.60. The Hall–Kier alpha value is -2.05. The number of amides is 2. The molecule has 0 atom stereocenters. The number of anilines is 1. The minimum absolute atomic E-state index is 0.0471. The first-order valence-electron chi connectivity index (χ1n) is 5.34. The fourth-order valence-corrected chi connectivity index (χ4v) is 1.17. The van der Waals surface area contributed by atoms with Crippen LogP contribution in [0, 0.1) is 5.41 Å². The number of benzene rings is 1. The van der Waals surface area contributed by atoms with Gasteiger partial charge in [-0.3, -0.25) is 9.59 Å². The van der Waals surface area contributed by atoms with Crippen molar-refractivity contribution in [3.8, 4) is 0 Å². The number of rotatable bonds is 3. The highest BCUT2D eigenvalue weighted by Crippen LogP contribution is 2.31. The summed E-state index contributed by atoms with van der Waals surface area (Å²) in [6, 6.07) is 4.13. The summed E-state index contributed by atoms with van der Waals surface area (Å²) in [7, 11) is 0. The van der Waals surface area contributed by atoms with Crippen molar-refractivity contribution in [3.63, 3.8) is 0 Å². The molecule has 0 bridgehead atoms. The van der Waals surface area contributed by atoms with E-state index in [1.165, 1.54) is 19.9 Å². The predicted octanol–water partition coefficient (Wildman–Crippen LogP) is 2.16. The molecule has 3 N–H and O–H groups in total. The molecular weight excluding hydrogens is 261 g/mol. The van der Waals surface area contributed by atoms with Gasteiger partial charge in [-0.1, -0.05) is 6.07 Å². The van der Waals surface area contributed by atoms with E-state index < -0.39 is 29.0 Å². The third-order valence-electron chi connectivity index (χ3n) is 2.63. The lowest BCUT2D eigenvalue weighted by Gasteiger charge is -2.19. The van der Waals surface area contributed by atoms with Crippen molar-refractivity contribution in [1.82, 2.24) is 0 Å². The normalized spacial score (nSPS) is 12.1. The molecule has 104 valence electrons. The van der Waals surface area contributed by atoms with Crippen molar-refractivity contribution in [2.24, 2.45) is 11.1 Å². The average Bonchev–Trinajstić information content (AvgIpc) is 2.27. The summed E-state index contributed by atoms with van der Waals surface area (Å²) in [6.45, 7) is 2.58. The van der Waals surface area contributed by atoms with Crippen LogP contribution < -0.4 is 11.1 Å². The first-order valence-corrected chi connectivity index (χ1v) is 5.34. The van der Waals surface area contributed by atoms with Crippen molar-refractivity contribution in [2.45, 2.75) is 20.0 Å². The Balaban J connectivity index is 2.96. The largest absolute Gasteiger partial charge is 0.416 e. The van der Waals surface area contributed by atoms with Crippen LogP contribution in [-0.2, 0) is 15.8 Å². The molecule has 2 amide bonds. The van der Waals surface area contributed by atoms with E-state index in [4.69, 9.17) is 5.73 Å². The molecule has 0 aliphatic heterocycles. The average molecular weight is 274 g/mol. The van der Waals surface area contributed by atoms with Crippen LogP contribution in [0.1, 0.15) is 19.4 Å². The molecule has 0 radical (unpaired) electrons. The van der Waals surface area contributed by atoms with Crippen LogP contribution in [0.25, 0.3) is 0 Å². The number of nitrogens with two attached hydrogens (primary N) is 1. The Morgan fingerprint density at radius 1 is 1.21 bits per heavy atom. The van der Waals surface area contributed by atoms with Crippen molar-refractivity contribution in [1.29, 1.82) is 0 Å². The Morgan fingerprint density at radius 2 is 1.79 bits per heavy atom. The van der Waals surface area contributed by atoms with Gasteiger partial charge in [0.1, 0.15) is 5.41 Å². The predicted molar refractivity (Wildman–Crippen MR) is 63.0 cm³/mol. The summed E-state index contributed by atoms with van der Waals surface area (Å²) >= 11 is 0. The summed E-state index contributed by atoms with van der Waals surface area (Å²) < 4.78 is 37.4. The summed E-state index contributed by atoms with van der Waals surface area (Å²) in [6.07, 6.45) is -4.50. The van der Waals surface area contributed by atoms with Gasteiger partial charge in [0.2, 0.25) is 11.8 Å². The van der Waals surface area contributed by atoms with Crippen molar-refractivity contribution in [3.05, 3.63) is 29.8 Å². The number of carbonyl (C=O) groups is 2. The Bertz CT molecular complexity index is 510. The lowest BCUT2D eigenvalue weighted by atomic mass is 9.91. The van der Waals surface area contributed by atoms with E-state index in [1.54, 1.807) is 0 Å². The lowest BCUT2D eigenvalue weighted by molar-refractivity contribution is -0.138. The number of halogens is 3. The van der Waals surface area contributed by atoms with Gasteiger partial charge in [0, 0.05) is 5.69 Å².